The summed E-state index contributed by atoms with van der Waals surface area (Å²) in [6.07, 6.45) is 0.163. The molecule has 0 radical (unpaired) electrons. The van der Waals surface area contributed by atoms with Gasteiger partial charge in [-0.2, -0.15) is 0 Å². The lowest BCUT2D eigenvalue weighted by atomic mass is 10.1. The molecule has 0 saturated carbocycles. The van der Waals surface area contributed by atoms with Crippen LogP contribution in [0.3, 0.4) is 0 Å². The van der Waals surface area contributed by atoms with E-state index < -0.39 is 17.7 Å². The summed E-state index contributed by atoms with van der Waals surface area (Å²) >= 11 is 6.30. The molecule has 0 saturated heterocycles. The fraction of sp³-hybridized carbons (Fsp3) is 0.286. The highest BCUT2D eigenvalue weighted by molar-refractivity contribution is 9.10. The number of ether oxygens (including phenoxy) is 1. The molecule has 0 aliphatic rings. The summed E-state index contributed by atoms with van der Waals surface area (Å²) in [7, 11) is 0. The van der Waals surface area contributed by atoms with Gasteiger partial charge in [0.1, 0.15) is 5.82 Å². The molecule has 0 fully saturated rings. The number of benzene rings is 2. The van der Waals surface area contributed by atoms with Crippen molar-refractivity contribution in [1.29, 1.82) is 0 Å². The lowest BCUT2D eigenvalue weighted by molar-refractivity contribution is -0.144. The van der Waals surface area contributed by atoms with Gasteiger partial charge in [0.05, 0.1) is 12.1 Å². The van der Waals surface area contributed by atoms with E-state index >= 15 is 0 Å². The van der Waals surface area contributed by atoms with Crippen LogP contribution < -0.4 is 4.90 Å². The Kier molecular flexibility index (Phi) is 8.98. The van der Waals surface area contributed by atoms with Crippen LogP contribution in [0.4, 0.5) is 10.1 Å². The molecular formula is C21H20Br2FNO5. The Morgan fingerprint density at radius 2 is 1.90 bits per heavy atom. The van der Waals surface area contributed by atoms with Gasteiger partial charge < -0.3 is 14.7 Å². The van der Waals surface area contributed by atoms with E-state index in [1.54, 1.807) is 37.3 Å². The Hall–Kier alpha value is -2.26. The molecule has 1 atom stereocenters. The maximum Gasteiger partial charge on any atom is 0.307 e. The number of nitrogens with zero attached hydrogens (tertiary/aromatic N) is 1. The SMILES string of the molecule is CC(Br)OC(=O)CCc1cccc(C(=O)N(CCC(=O)O)c2ccc(Br)cc2F)c1. The molecule has 0 heterocycles. The van der Waals surface area contributed by atoms with Crippen LogP contribution in [0.2, 0.25) is 0 Å². The number of carboxylic acid groups (broad SMARTS) is 1. The minimum absolute atomic E-state index is 0.00950. The van der Waals surface area contributed by atoms with Gasteiger partial charge >= 0.3 is 11.9 Å². The molecular weight excluding hydrogens is 525 g/mol. The van der Waals surface area contributed by atoms with Crippen LogP contribution >= 0.6 is 31.9 Å². The van der Waals surface area contributed by atoms with Gasteiger partial charge in [0.15, 0.2) is 5.01 Å². The highest BCUT2D eigenvalue weighted by Gasteiger charge is 2.22. The molecule has 0 aliphatic carbocycles. The third-order valence-corrected chi connectivity index (χ3v) is 4.76. The zero-order valence-corrected chi connectivity index (χ0v) is 19.3. The van der Waals surface area contributed by atoms with Gasteiger partial charge in [-0.3, -0.25) is 14.4 Å². The second-order valence-electron chi connectivity index (χ2n) is 6.43. The topological polar surface area (TPSA) is 83.9 Å². The smallest absolute Gasteiger partial charge is 0.307 e. The van der Waals surface area contributed by atoms with Gasteiger partial charge in [-0.1, -0.05) is 28.1 Å². The van der Waals surface area contributed by atoms with E-state index in [0.29, 0.717) is 10.9 Å². The molecule has 0 aromatic heterocycles. The first kappa shape index (κ1) is 24.0. The average molecular weight is 545 g/mol. The number of aliphatic carboxylic acids is 1. The number of carboxylic acids is 1. The molecule has 2 rings (SSSR count). The van der Waals surface area contributed by atoms with E-state index in [1.807, 2.05) is 0 Å². The number of rotatable bonds is 9. The van der Waals surface area contributed by atoms with Crippen molar-refractivity contribution in [1.82, 2.24) is 0 Å². The third-order valence-electron chi connectivity index (χ3n) is 4.08. The lowest BCUT2D eigenvalue weighted by Crippen LogP contribution is -2.33. The largest absolute Gasteiger partial charge is 0.481 e. The lowest BCUT2D eigenvalue weighted by Gasteiger charge is -2.23. The van der Waals surface area contributed by atoms with E-state index in [0.717, 1.165) is 10.5 Å². The van der Waals surface area contributed by atoms with Crippen LogP contribution in [0, 0.1) is 5.82 Å². The van der Waals surface area contributed by atoms with Crippen LogP contribution in [0.5, 0.6) is 0 Å². The van der Waals surface area contributed by atoms with Gasteiger partial charge in [-0.25, -0.2) is 4.39 Å². The number of anilines is 1. The van der Waals surface area contributed by atoms with Crippen LogP contribution in [-0.4, -0.2) is 34.5 Å². The van der Waals surface area contributed by atoms with Crippen molar-refractivity contribution < 1.29 is 28.6 Å². The molecule has 30 heavy (non-hydrogen) atoms. The van der Waals surface area contributed by atoms with Gasteiger partial charge in [0, 0.05) is 23.0 Å². The fourth-order valence-electron chi connectivity index (χ4n) is 2.74. The minimum atomic E-state index is -1.10. The summed E-state index contributed by atoms with van der Waals surface area (Å²) in [5, 5.41) is 8.63. The number of carbonyl (C=O) groups excluding carboxylic acids is 2. The molecule has 160 valence electrons. The predicted molar refractivity (Wildman–Crippen MR) is 117 cm³/mol. The molecule has 1 unspecified atom stereocenters. The third kappa shape index (κ3) is 7.21. The van der Waals surface area contributed by atoms with Crippen LogP contribution in [0.15, 0.2) is 46.9 Å². The van der Waals surface area contributed by atoms with Crippen LogP contribution in [-0.2, 0) is 20.7 Å². The van der Waals surface area contributed by atoms with E-state index in [1.165, 1.54) is 12.1 Å². The first-order valence-corrected chi connectivity index (χ1v) is 10.8. The Balaban J connectivity index is 2.24. The summed E-state index contributed by atoms with van der Waals surface area (Å²) in [6.45, 7) is 1.50. The Morgan fingerprint density at radius 1 is 1.17 bits per heavy atom. The van der Waals surface area contributed by atoms with Crippen LogP contribution in [0.25, 0.3) is 0 Å². The highest BCUT2D eigenvalue weighted by Crippen LogP contribution is 2.25. The number of halogens is 3. The Labute approximate surface area is 190 Å². The predicted octanol–water partition coefficient (Wildman–Crippen LogP) is 4.93. The number of hydrogen-bond acceptors (Lipinski definition) is 4. The number of carbonyl (C=O) groups is 3. The molecule has 1 amide bonds. The van der Waals surface area contributed by atoms with Crippen molar-refractivity contribution in [3.63, 3.8) is 0 Å². The van der Waals surface area contributed by atoms with Crippen molar-refractivity contribution in [2.75, 3.05) is 11.4 Å². The van der Waals surface area contributed by atoms with Crippen molar-refractivity contribution in [3.8, 4) is 0 Å². The summed E-state index contributed by atoms with van der Waals surface area (Å²) < 4.78 is 20.0. The van der Waals surface area contributed by atoms with Crippen molar-refractivity contribution >= 4 is 55.4 Å². The van der Waals surface area contributed by atoms with Gasteiger partial charge in [0.25, 0.3) is 5.91 Å². The van der Waals surface area contributed by atoms with Gasteiger partial charge in [-0.15, -0.1) is 0 Å². The molecule has 2 aromatic carbocycles. The Morgan fingerprint density at radius 3 is 2.53 bits per heavy atom. The Bertz CT molecular complexity index is 935. The van der Waals surface area contributed by atoms with Crippen molar-refractivity contribution in [2.45, 2.75) is 31.2 Å². The first-order chi connectivity index (χ1) is 14.2. The second kappa shape index (κ2) is 11.2. The quantitative estimate of drug-likeness (QED) is 0.357. The normalized spacial score (nSPS) is 11.6. The van der Waals surface area contributed by atoms with E-state index in [9.17, 15) is 18.8 Å². The van der Waals surface area contributed by atoms with E-state index in [4.69, 9.17) is 9.84 Å². The van der Waals surface area contributed by atoms with Crippen molar-refractivity contribution in [3.05, 3.63) is 63.9 Å². The summed E-state index contributed by atoms with van der Waals surface area (Å²) in [5.74, 6) is -2.66. The summed E-state index contributed by atoms with van der Waals surface area (Å²) in [5.41, 5.74) is 0.988. The van der Waals surface area contributed by atoms with Crippen LogP contribution in [0.1, 0.15) is 35.7 Å². The second-order valence-corrected chi connectivity index (χ2v) is 8.63. The minimum Gasteiger partial charge on any atom is -0.481 e. The molecule has 2 aromatic rings. The highest BCUT2D eigenvalue weighted by atomic mass is 79.9. The monoisotopic (exact) mass is 543 g/mol. The van der Waals surface area contributed by atoms with E-state index in [-0.39, 0.29) is 41.6 Å². The number of aryl methyl sites for hydroxylation is 1. The molecule has 0 spiro atoms. The molecule has 0 aliphatic heterocycles. The number of esters is 1. The zero-order valence-electron chi connectivity index (χ0n) is 16.1. The maximum absolute atomic E-state index is 14.5. The fourth-order valence-corrected chi connectivity index (χ4v) is 3.28. The summed E-state index contributed by atoms with van der Waals surface area (Å²) in [6, 6.07) is 10.8. The molecule has 6 nitrogen and oxygen atoms in total. The first-order valence-electron chi connectivity index (χ1n) is 9.08. The standard InChI is InChI=1S/C21H20Br2FNO5/c1-13(22)30-20(28)8-5-14-3-2-4-15(11-14)21(29)25(10-9-19(26)27)18-7-6-16(23)12-17(18)24/h2-4,6-7,11-13H,5,8-10H2,1H3,(H,26,27). The van der Waals surface area contributed by atoms with Crippen molar-refractivity contribution in [2.24, 2.45) is 0 Å². The van der Waals surface area contributed by atoms with E-state index in [2.05, 4.69) is 31.9 Å². The molecule has 0 bridgehead atoms. The number of hydrogen-bond donors (Lipinski definition) is 1. The van der Waals surface area contributed by atoms with Gasteiger partial charge in [-0.05, 0) is 65.2 Å². The maximum atomic E-state index is 14.5. The molecule has 9 heteroatoms. The summed E-state index contributed by atoms with van der Waals surface area (Å²) in [4.78, 5) is 36.9. The zero-order chi connectivity index (χ0) is 22.3. The number of amides is 1. The molecule has 1 N–H and O–H groups in total. The number of alkyl halides is 1. The average Bonchev–Trinajstić information content (AvgIpc) is 2.67. The van der Waals surface area contributed by atoms with Gasteiger partial charge in [0.2, 0.25) is 0 Å².